The highest BCUT2D eigenvalue weighted by molar-refractivity contribution is 5.95. The van der Waals surface area contributed by atoms with E-state index in [0.717, 1.165) is 36.8 Å². The van der Waals surface area contributed by atoms with Gasteiger partial charge in [-0.05, 0) is 88.3 Å². The normalized spacial score (nSPS) is 19.1. The Balaban J connectivity index is 1.31. The van der Waals surface area contributed by atoms with E-state index < -0.39 is 36.2 Å². The van der Waals surface area contributed by atoms with Crippen molar-refractivity contribution < 1.29 is 33.8 Å². The van der Waals surface area contributed by atoms with Crippen LogP contribution in [0.1, 0.15) is 87.7 Å². The molecule has 2 fully saturated rings. The van der Waals surface area contributed by atoms with Crippen LogP contribution < -0.4 is 20.9 Å². The van der Waals surface area contributed by atoms with E-state index in [-0.39, 0.29) is 23.7 Å². The van der Waals surface area contributed by atoms with E-state index in [1.54, 1.807) is 65.1 Å². The fourth-order valence-electron chi connectivity index (χ4n) is 6.82. The van der Waals surface area contributed by atoms with E-state index in [1.807, 2.05) is 24.3 Å². The SMILES string of the molecule is COCCNC(=O)[C@@H]1C[C@@H]2CCCC[C@@H]2N1c1cc([C@@H](C)NC(=O)c2ccc(-c3ccc(NC(=O)OC(C)(C)C)cc3)cc2)nc(CC(=O)O)n1. The van der Waals surface area contributed by atoms with Crippen LogP contribution in [0.3, 0.4) is 0 Å². The molecule has 0 unspecified atom stereocenters. The first-order valence-corrected chi connectivity index (χ1v) is 17.5. The van der Waals surface area contributed by atoms with Gasteiger partial charge < -0.3 is 30.1 Å². The maximum atomic E-state index is 13.4. The summed E-state index contributed by atoms with van der Waals surface area (Å²) >= 11 is 0. The van der Waals surface area contributed by atoms with Gasteiger partial charge in [-0.3, -0.25) is 19.7 Å². The number of carbonyl (C=O) groups is 4. The molecule has 4 atom stereocenters. The third kappa shape index (κ3) is 9.81. The van der Waals surface area contributed by atoms with Crippen LogP contribution in [0, 0.1) is 5.92 Å². The molecule has 1 aliphatic carbocycles. The van der Waals surface area contributed by atoms with E-state index in [2.05, 4.69) is 30.8 Å². The van der Waals surface area contributed by atoms with Gasteiger partial charge in [-0.1, -0.05) is 37.1 Å². The highest BCUT2D eigenvalue weighted by atomic mass is 16.6. The number of carboxylic acids is 1. The number of rotatable bonds is 12. The van der Waals surface area contributed by atoms with Gasteiger partial charge in [0.15, 0.2) is 0 Å². The van der Waals surface area contributed by atoms with Crippen molar-refractivity contribution in [1.29, 1.82) is 0 Å². The number of ether oxygens (including phenoxy) is 2. The maximum absolute atomic E-state index is 13.4. The lowest BCUT2D eigenvalue weighted by Crippen LogP contribution is -2.48. The van der Waals surface area contributed by atoms with E-state index in [1.165, 1.54) is 0 Å². The van der Waals surface area contributed by atoms with Gasteiger partial charge in [-0.15, -0.1) is 0 Å². The van der Waals surface area contributed by atoms with Gasteiger partial charge in [-0.25, -0.2) is 14.8 Å². The second-order valence-electron chi connectivity index (χ2n) is 14.2. The Morgan fingerprint density at radius 1 is 0.980 bits per heavy atom. The minimum atomic E-state index is -1.07. The number of hydrogen-bond acceptors (Lipinski definition) is 9. The summed E-state index contributed by atoms with van der Waals surface area (Å²) in [5.74, 6) is -0.574. The van der Waals surface area contributed by atoms with Crippen molar-refractivity contribution >= 4 is 35.4 Å². The van der Waals surface area contributed by atoms with Gasteiger partial charge >= 0.3 is 12.1 Å². The summed E-state index contributed by atoms with van der Waals surface area (Å²) < 4.78 is 10.4. The number of anilines is 2. The quantitative estimate of drug-likeness (QED) is 0.177. The number of nitrogens with one attached hydrogen (secondary N) is 3. The molecule has 2 aliphatic rings. The Kier molecular flexibility index (Phi) is 11.9. The molecule has 13 heteroatoms. The maximum Gasteiger partial charge on any atom is 0.412 e. The topological polar surface area (TPSA) is 172 Å². The molecule has 4 N–H and O–H groups in total. The molecule has 1 saturated heterocycles. The largest absolute Gasteiger partial charge is 0.481 e. The number of benzene rings is 2. The van der Waals surface area contributed by atoms with E-state index in [0.29, 0.717) is 48.3 Å². The van der Waals surface area contributed by atoms with Crippen LogP contribution in [0.15, 0.2) is 54.6 Å². The number of hydrogen-bond donors (Lipinski definition) is 4. The smallest absolute Gasteiger partial charge is 0.412 e. The lowest BCUT2D eigenvalue weighted by molar-refractivity contribution is -0.136. The lowest BCUT2D eigenvalue weighted by Gasteiger charge is -2.35. The number of aliphatic carboxylic acids is 1. The number of amides is 3. The standard InChI is InChI=1S/C38H48N6O7/c1-23(40-35(47)26-12-10-24(11-13-26)25-14-16-28(17-15-25)41-37(49)51-38(2,3)4)29-21-33(43-32(42-29)22-34(45)46)44-30-9-7-6-8-27(30)20-31(44)36(48)39-18-19-50-5/h10-17,21,23,27,30-31H,6-9,18-20,22H2,1-5H3,(H,39,48)(H,40,47)(H,41,49)(H,45,46)/t23-,27+,30+,31+/m1/s1. The van der Waals surface area contributed by atoms with Crippen LogP contribution in [-0.4, -0.2) is 76.9 Å². The summed E-state index contributed by atoms with van der Waals surface area (Å²) in [6, 6.07) is 15.3. The first-order chi connectivity index (χ1) is 24.3. The number of carboxylic acid groups (broad SMARTS) is 1. The summed E-state index contributed by atoms with van der Waals surface area (Å²) in [6.07, 6.45) is 3.84. The summed E-state index contributed by atoms with van der Waals surface area (Å²) in [5.41, 5.74) is 2.68. The van der Waals surface area contributed by atoms with Crippen molar-refractivity contribution in [2.75, 3.05) is 30.5 Å². The lowest BCUT2D eigenvalue weighted by atomic mass is 9.84. The summed E-state index contributed by atoms with van der Waals surface area (Å²) in [6.45, 7) is 7.97. The number of methoxy groups -OCH3 is 1. The second kappa shape index (κ2) is 16.3. The molecule has 3 aromatic rings. The summed E-state index contributed by atoms with van der Waals surface area (Å²) in [5, 5.41) is 18.3. The van der Waals surface area contributed by atoms with E-state index in [9.17, 15) is 24.3 Å². The zero-order valence-electron chi connectivity index (χ0n) is 29.9. The first-order valence-electron chi connectivity index (χ1n) is 17.5. The molecule has 1 aromatic heterocycles. The van der Waals surface area contributed by atoms with Gasteiger partial charge in [0.25, 0.3) is 5.91 Å². The first kappa shape index (κ1) is 37.2. The number of nitrogens with zero attached hydrogens (tertiary/aromatic N) is 3. The van der Waals surface area contributed by atoms with Gasteiger partial charge in [0, 0.05) is 37.0 Å². The molecule has 5 rings (SSSR count). The van der Waals surface area contributed by atoms with Crippen LogP contribution in [0.25, 0.3) is 11.1 Å². The number of carbonyl (C=O) groups excluding carboxylic acids is 3. The third-order valence-corrected chi connectivity index (χ3v) is 9.15. The molecule has 13 nitrogen and oxygen atoms in total. The van der Waals surface area contributed by atoms with Crippen LogP contribution >= 0.6 is 0 Å². The zero-order chi connectivity index (χ0) is 36.7. The average molecular weight is 701 g/mol. The molecule has 0 radical (unpaired) electrons. The van der Waals surface area contributed by atoms with Crippen LogP contribution in [0.2, 0.25) is 0 Å². The van der Waals surface area contributed by atoms with Gasteiger partial charge in [-0.2, -0.15) is 0 Å². The number of fused-ring (bicyclic) bond motifs is 1. The highest BCUT2D eigenvalue weighted by Crippen LogP contribution is 2.42. The predicted molar refractivity (Wildman–Crippen MR) is 193 cm³/mol. The van der Waals surface area contributed by atoms with Gasteiger partial charge in [0.2, 0.25) is 5.91 Å². The molecule has 51 heavy (non-hydrogen) atoms. The van der Waals surface area contributed by atoms with Gasteiger partial charge in [0.1, 0.15) is 29.7 Å². The van der Waals surface area contributed by atoms with Gasteiger partial charge in [0.05, 0.1) is 18.3 Å². The van der Waals surface area contributed by atoms with E-state index in [4.69, 9.17) is 9.47 Å². The average Bonchev–Trinajstić information content (AvgIpc) is 3.47. The predicted octanol–water partition coefficient (Wildman–Crippen LogP) is 5.51. The summed E-state index contributed by atoms with van der Waals surface area (Å²) in [4.78, 5) is 61.9. The Morgan fingerprint density at radius 3 is 2.29 bits per heavy atom. The third-order valence-electron chi connectivity index (χ3n) is 9.15. The molecular weight excluding hydrogens is 652 g/mol. The fourth-order valence-corrected chi connectivity index (χ4v) is 6.82. The molecule has 2 heterocycles. The fraction of sp³-hybridized carbons (Fsp3) is 0.474. The molecule has 3 amide bonds. The molecule has 1 aliphatic heterocycles. The molecule has 0 bridgehead atoms. The van der Waals surface area contributed by atoms with E-state index >= 15 is 0 Å². The Morgan fingerprint density at radius 2 is 1.65 bits per heavy atom. The van der Waals surface area contributed by atoms with Crippen LogP contribution in [0.5, 0.6) is 0 Å². The Bertz CT molecular complexity index is 1710. The molecular formula is C38H48N6O7. The minimum Gasteiger partial charge on any atom is -0.481 e. The van der Waals surface area contributed by atoms with Crippen LogP contribution in [-0.2, 0) is 25.5 Å². The second-order valence-corrected chi connectivity index (χ2v) is 14.2. The zero-order valence-corrected chi connectivity index (χ0v) is 29.9. The molecule has 2 aromatic carbocycles. The monoisotopic (exact) mass is 700 g/mol. The molecule has 1 saturated carbocycles. The Hall–Kier alpha value is -5.04. The van der Waals surface area contributed by atoms with Crippen molar-refractivity contribution in [3.63, 3.8) is 0 Å². The molecule has 0 spiro atoms. The van der Waals surface area contributed by atoms with Crippen molar-refractivity contribution in [3.8, 4) is 11.1 Å². The van der Waals surface area contributed by atoms with Crippen LogP contribution in [0.4, 0.5) is 16.3 Å². The van der Waals surface area contributed by atoms with Crippen molar-refractivity contribution in [1.82, 2.24) is 20.6 Å². The summed E-state index contributed by atoms with van der Waals surface area (Å²) in [7, 11) is 1.58. The van der Waals surface area contributed by atoms with Crippen molar-refractivity contribution in [3.05, 3.63) is 71.7 Å². The Labute approximate surface area is 298 Å². The van der Waals surface area contributed by atoms with Crippen molar-refractivity contribution in [2.24, 2.45) is 5.92 Å². The van der Waals surface area contributed by atoms with Crippen molar-refractivity contribution in [2.45, 2.75) is 89.9 Å². The minimum absolute atomic E-state index is 0.0956. The molecule has 272 valence electrons. The highest BCUT2D eigenvalue weighted by Gasteiger charge is 2.46. The number of aromatic nitrogens is 2.